The molecule has 2 N–H and O–H groups in total. The predicted octanol–water partition coefficient (Wildman–Crippen LogP) is 4.30. The maximum atomic E-state index is 13.9. The molecule has 2 saturated carbocycles. The number of pyridine rings is 1. The number of aromatic nitrogens is 1. The van der Waals surface area contributed by atoms with Gasteiger partial charge in [-0.15, -0.1) is 0 Å². The molecule has 2 atom stereocenters. The third-order valence-corrected chi connectivity index (χ3v) is 11.0. The molecule has 2 aliphatic carbocycles. The topological polar surface area (TPSA) is 84.2 Å². The first-order valence-electron chi connectivity index (χ1n) is 17.6. The third-order valence-electron chi connectivity index (χ3n) is 11.0. The molecule has 9 nitrogen and oxygen atoms in total. The number of carbonyl (C=O) groups excluding carboxylic acids is 1. The molecule has 1 aromatic heterocycles. The number of anilines is 1. The van der Waals surface area contributed by atoms with E-state index < -0.39 is 0 Å². The van der Waals surface area contributed by atoms with Gasteiger partial charge in [0.25, 0.3) is 11.5 Å². The van der Waals surface area contributed by atoms with Gasteiger partial charge in [-0.2, -0.15) is 0 Å². The fraction of sp³-hybridized carbons (Fsp3) is 0.676. The second-order valence-corrected chi connectivity index (χ2v) is 14.3. The molecule has 1 saturated heterocycles. The van der Waals surface area contributed by atoms with E-state index in [1.807, 2.05) is 19.9 Å². The minimum Gasteiger partial charge on any atom is -0.383 e. The second kappa shape index (κ2) is 15.5. The highest BCUT2D eigenvalue weighted by molar-refractivity contribution is 5.97. The van der Waals surface area contributed by atoms with Gasteiger partial charge in [-0.05, 0) is 121 Å². The lowest BCUT2D eigenvalue weighted by atomic mass is 9.88. The largest absolute Gasteiger partial charge is 0.383 e. The van der Waals surface area contributed by atoms with Gasteiger partial charge >= 0.3 is 0 Å². The minimum absolute atomic E-state index is 0.101. The number of methoxy groups -OCH3 is 1. The van der Waals surface area contributed by atoms with Crippen molar-refractivity contribution in [3.8, 4) is 0 Å². The summed E-state index contributed by atoms with van der Waals surface area (Å²) in [6.45, 7) is 16.7. The fourth-order valence-electron chi connectivity index (χ4n) is 7.91. The molecule has 0 spiro atoms. The number of nitrogens with one attached hydrogen (secondary N) is 2. The van der Waals surface area contributed by atoms with Crippen molar-refractivity contribution >= 4 is 11.6 Å². The number of H-pyrrole nitrogens is 1. The molecule has 0 bridgehead atoms. The van der Waals surface area contributed by atoms with E-state index in [2.05, 4.69) is 70.0 Å². The van der Waals surface area contributed by atoms with E-state index in [4.69, 9.17) is 4.74 Å². The summed E-state index contributed by atoms with van der Waals surface area (Å²) in [7, 11) is 6.20. The zero-order chi connectivity index (χ0) is 33.0. The number of nitrogens with zero attached hydrogens (tertiary/aromatic N) is 4. The minimum atomic E-state index is -0.130. The Bertz CT molecular complexity index is 1390. The summed E-state index contributed by atoms with van der Waals surface area (Å²) in [5.74, 6) is 1.02. The maximum absolute atomic E-state index is 13.9. The number of hydrogen-bond acceptors (Lipinski definition) is 7. The molecule has 0 radical (unpaired) electrons. The van der Waals surface area contributed by atoms with Gasteiger partial charge in [-0.3, -0.25) is 9.59 Å². The number of rotatable bonds is 13. The lowest BCUT2D eigenvalue weighted by Crippen LogP contribution is -2.45. The van der Waals surface area contributed by atoms with Crippen LogP contribution in [-0.2, 0) is 11.3 Å². The van der Waals surface area contributed by atoms with E-state index in [0.29, 0.717) is 29.5 Å². The molecule has 3 fully saturated rings. The van der Waals surface area contributed by atoms with Crippen LogP contribution in [0.15, 0.2) is 23.0 Å². The van der Waals surface area contributed by atoms with Crippen molar-refractivity contribution in [1.82, 2.24) is 25.0 Å². The van der Waals surface area contributed by atoms with Crippen LogP contribution in [0.1, 0.15) is 83.3 Å². The molecular weight excluding hydrogens is 576 g/mol. The Morgan fingerprint density at radius 3 is 2.39 bits per heavy atom. The summed E-state index contributed by atoms with van der Waals surface area (Å²) in [4.78, 5) is 39.6. The summed E-state index contributed by atoms with van der Waals surface area (Å²) in [5, 5.41) is 3.12. The molecule has 2 unspecified atom stereocenters. The van der Waals surface area contributed by atoms with Gasteiger partial charge in [0.2, 0.25) is 0 Å². The number of ether oxygens (including phenoxy) is 1. The van der Waals surface area contributed by atoms with Gasteiger partial charge in [0.15, 0.2) is 0 Å². The Labute approximate surface area is 276 Å². The zero-order valence-electron chi connectivity index (χ0n) is 29.5. The number of piperazine rings is 1. The SMILES string of the molecule is CCN(c1cc(C2CC2CN2CCN(C)CC2)cc(C(=O)NCc2c(C)cc(C)[nH]c2=O)c1C)C1CCC(N(C)CCOC)CC1. The van der Waals surface area contributed by atoms with Crippen LogP contribution in [0, 0.1) is 26.7 Å². The molecule has 1 amide bonds. The fourth-order valence-corrected chi connectivity index (χ4v) is 7.91. The van der Waals surface area contributed by atoms with E-state index in [0.717, 1.165) is 87.6 Å². The second-order valence-electron chi connectivity index (χ2n) is 14.3. The molecule has 1 aromatic carbocycles. The van der Waals surface area contributed by atoms with Crippen LogP contribution in [0.5, 0.6) is 0 Å². The van der Waals surface area contributed by atoms with Crippen LogP contribution in [-0.4, -0.2) is 111 Å². The van der Waals surface area contributed by atoms with Crippen LogP contribution in [0.3, 0.4) is 0 Å². The molecule has 2 heterocycles. The molecule has 1 aliphatic heterocycles. The van der Waals surface area contributed by atoms with Crippen LogP contribution in [0.25, 0.3) is 0 Å². The van der Waals surface area contributed by atoms with Gasteiger partial charge in [-0.1, -0.05) is 0 Å². The number of carbonyl (C=O) groups is 1. The van der Waals surface area contributed by atoms with Gasteiger partial charge in [0, 0.05) is 94.1 Å². The quantitative estimate of drug-likeness (QED) is 0.340. The maximum Gasteiger partial charge on any atom is 0.253 e. The van der Waals surface area contributed by atoms with Gasteiger partial charge in [0.05, 0.1) is 6.61 Å². The summed E-state index contributed by atoms with van der Waals surface area (Å²) in [6.07, 6.45) is 5.82. The van der Waals surface area contributed by atoms with Gasteiger partial charge < -0.3 is 34.6 Å². The van der Waals surface area contributed by atoms with Crippen LogP contribution in [0.2, 0.25) is 0 Å². The number of likely N-dealkylation sites (N-methyl/N-ethyl adjacent to an activating group) is 2. The summed E-state index contributed by atoms with van der Waals surface area (Å²) in [5.41, 5.74) is 6.49. The highest BCUT2D eigenvalue weighted by Crippen LogP contribution is 2.49. The smallest absolute Gasteiger partial charge is 0.253 e. The Balaban J connectivity index is 1.37. The van der Waals surface area contributed by atoms with Crippen LogP contribution >= 0.6 is 0 Å². The number of hydrogen-bond donors (Lipinski definition) is 2. The van der Waals surface area contributed by atoms with Crippen LogP contribution in [0.4, 0.5) is 5.69 Å². The Hall–Kier alpha value is -2.72. The first-order valence-corrected chi connectivity index (χ1v) is 17.6. The lowest BCUT2D eigenvalue weighted by Gasteiger charge is -2.41. The average molecular weight is 635 g/mol. The van der Waals surface area contributed by atoms with Crippen LogP contribution < -0.4 is 15.8 Å². The molecule has 3 aliphatic rings. The standard InChI is InChI=1S/C37H58N6O3/c1-8-43(31-11-9-30(10-12-31)41(6)17-18-46-7)35-22-28(33-21-29(33)24-42-15-13-40(5)14-16-42)20-32(27(35)4)36(44)38-23-34-25(2)19-26(3)39-37(34)45/h19-20,22,29-31,33H,8-18,21,23-24H2,1-7H3,(H,38,44)(H,39,45). The van der Waals surface area contributed by atoms with Gasteiger partial charge in [0.1, 0.15) is 0 Å². The van der Waals surface area contributed by atoms with Crippen molar-refractivity contribution in [2.45, 2.75) is 84.3 Å². The van der Waals surface area contributed by atoms with E-state index in [1.165, 1.54) is 30.5 Å². The molecule has 254 valence electrons. The molecule has 2 aromatic rings. The number of aromatic amines is 1. The normalized spacial score (nSPS) is 23.9. The number of aryl methyl sites for hydroxylation is 2. The number of benzene rings is 1. The first kappa shape index (κ1) is 34.6. The molecular formula is C37H58N6O3. The first-order chi connectivity index (χ1) is 22.1. The van der Waals surface area contributed by atoms with E-state index in [-0.39, 0.29) is 18.0 Å². The average Bonchev–Trinajstić information content (AvgIpc) is 3.80. The van der Waals surface area contributed by atoms with Crippen molar-refractivity contribution in [3.63, 3.8) is 0 Å². The summed E-state index contributed by atoms with van der Waals surface area (Å²) >= 11 is 0. The summed E-state index contributed by atoms with van der Waals surface area (Å²) < 4.78 is 5.33. The van der Waals surface area contributed by atoms with E-state index in [9.17, 15) is 9.59 Å². The number of amides is 1. The molecule has 46 heavy (non-hydrogen) atoms. The Morgan fingerprint density at radius 1 is 1.04 bits per heavy atom. The van der Waals surface area contributed by atoms with E-state index >= 15 is 0 Å². The zero-order valence-corrected chi connectivity index (χ0v) is 29.5. The van der Waals surface area contributed by atoms with Crippen molar-refractivity contribution in [3.05, 3.63) is 62.1 Å². The lowest BCUT2D eigenvalue weighted by molar-refractivity contribution is 0.0950. The van der Waals surface area contributed by atoms with Crippen molar-refractivity contribution in [1.29, 1.82) is 0 Å². The third kappa shape index (κ3) is 8.22. The Morgan fingerprint density at radius 2 is 1.74 bits per heavy atom. The van der Waals surface area contributed by atoms with Crippen molar-refractivity contribution in [2.75, 3.05) is 78.5 Å². The van der Waals surface area contributed by atoms with Crippen molar-refractivity contribution < 1.29 is 9.53 Å². The summed E-state index contributed by atoms with van der Waals surface area (Å²) in [6, 6.07) is 7.58. The Kier molecular flexibility index (Phi) is 11.6. The monoisotopic (exact) mass is 634 g/mol. The molecule has 9 heteroatoms. The van der Waals surface area contributed by atoms with Gasteiger partial charge in [-0.25, -0.2) is 0 Å². The van der Waals surface area contributed by atoms with E-state index in [1.54, 1.807) is 7.11 Å². The molecule has 5 rings (SSSR count). The highest BCUT2D eigenvalue weighted by atomic mass is 16.5. The highest BCUT2D eigenvalue weighted by Gasteiger charge is 2.41. The predicted molar refractivity (Wildman–Crippen MR) is 187 cm³/mol. The van der Waals surface area contributed by atoms with Crippen molar-refractivity contribution in [2.24, 2.45) is 5.92 Å².